The predicted octanol–water partition coefficient (Wildman–Crippen LogP) is 3.95. The van der Waals surface area contributed by atoms with Crippen LogP contribution in [0.2, 0.25) is 0 Å². The molecule has 0 aliphatic rings. The van der Waals surface area contributed by atoms with Gasteiger partial charge < -0.3 is 9.67 Å². The first-order valence-corrected chi connectivity index (χ1v) is 7.98. The van der Waals surface area contributed by atoms with Gasteiger partial charge in [-0.15, -0.1) is 0 Å². The van der Waals surface area contributed by atoms with Crippen molar-refractivity contribution >= 4 is 6.08 Å². The predicted molar refractivity (Wildman–Crippen MR) is 96.4 cm³/mol. The Labute approximate surface area is 142 Å². The zero-order valence-corrected chi connectivity index (χ0v) is 13.9. The Hall–Kier alpha value is -2.72. The number of aliphatic hydroxyl groups excluding tert-OH is 1. The molecular weight excluding hydrogens is 298 g/mol. The van der Waals surface area contributed by atoms with Crippen LogP contribution in [0.15, 0.2) is 66.8 Å². The van der Waals surface area contributed by atoms with Crippen LogP contribution in [0.3, 0.4) is 0 Å². The lowest BCUT2D eigenvalue weighted by Crippen LogP contribution is -2.15. The minimum atomic E-state index is -0.214. The SMILES string of the molecule is CC(C)=Cc1c(-c2ccccc2)ncn1C(CO)c1cccnc1. The molecule has 1 atom stereocenters. The average Bonchev–Trinajstić information content (AvgIpc) is 3.00. The van der Waals surface area contributed by atoms with E-state index in [1.165, 1.54) is 5.57 Å². The first-order chi connectivity index (χ1) is 11.7. The highest BCUT2D eigenvalue weighted by Crippen LogP contribution is 2.28. The summed E-state index contributed by atoms with van der Waals surface area (Å²) in [6, 6.07) is 13.7. The lowest BCUT2D eigenvalue weighted by atomic mass is 10.1. The minimum absolute atomic E-state index is 0.0140. The van der Waals surface area contributed by atoms with Gasteiger partial charge in [0, 0.05) is 18.0 Å². The van der Waals surface area contributed by atoms with E-state index in [4.69, 9.17) is 0 Å². The van der Waals surface area contributed by atoms with Crippen LogP contribution in [0.1, 0.15) is 31.1 Å². The van der Waals surface area contributed by atoms with Crippen molar-refractivity contribution in [3.05, 3.63) is 78.0 Å². The van der Waals surface area contributed by atoms with Crippen molar-refractivity contribution in [2.75, 3.05) is 6.61 Å². The van der Waals surface area contributed by atoms with Gasteiger partial charge >= 0.3 is 0 Å². The van der Waals surface area contributed by atoms with E-state index in [1.807, 2.05) is 47.0 Å². The molecule has 0 amide bonds. The van der Waals surface area contributed by atoms with Gasteiger partial charge in [0.15, 0.2) is 0 Å². The second-order valence-corrected chi connectivity index (χ2v) is 5.96. The van der Waals surface area contributed by atoms with Crippen LogP contribution in [0.25, 0.3) is 17.3 Å². The summed E-state index contributed by atoms with van der Waals surface area (Å²) in [6.07, 6.45) is 7.42. The van der Waals surface area contributed by atoms with Gasteiger partial charge in [0.05, 0.1) is 30.4 Å². The third-order valence-electron chi connectivity index (χ3n) is 3.88. The number of aromatic nitrogens is 3. The van der Waals surface area contributed by atoms with E-state index >= 15 is 0 Å². The van der Waals surface area contributed by atoms with Crippen molar-refractivity contribution in [2.45, 2.75) is 19.9 Å². The van der Waals surface area contributed by atoms with E-state index in [0.717, 1.165) is 22.5 Å². The van der Waals surface area contributed by atoms with Crippen molar-refractivity contribution in [3.63, 3.8) is 0 Å². The Morgan fingerprint density at radius 3 is 2.58 bits per heavy atom. The molecule has 4 heteroatoms. The van der Waals surface area contributed by atoms with Crippen LogP contribution in [0, 0.1) is 0 Å². The highest BCUT2D eigenvalue weighted by Gasteiger charge is 2.19. The Morgan fingerprint density at radius 1 is 1.17 bits per heavy atom. The van der Waals surface area contributed by atoms with Crippen LogP contribution >= 0.6 is 0 Å². The molecule has 0 aliphatic carbocycles. The number of nitrogens with zero attached hydrogens (tertiary/aromatic N) is 3. The molecule has 3 aromatic rings. The Morgan fingerprint density at radius 2 is 1.96 bits per heavy atom. The van der Waals surface area contributed by atoms with E-state index in [-0.39, 0.29) is 12.6 Å². The molecule has 1 unspecified atom stereocenters. The van der Waals surface area contributed by atoms with Crippen LogP contribution in [0.5, 0.6) is 0 Å². The molecule has 3 rings (SSSR count). The lowest BCUT2D eigenvalue weighted by molar-refractivity contribution is 0.248. The number of hydrogen-bond acceptors (Lipinski definition) is 3. The molecule has 24 heavy (non-hydrogen) atoms. The number of rotatable bonds is 5. The summed E-state index contributed by atoms with van der Waals surface area (Å²) in [6.45, 7) is 4.11. The summed E-state index contributed by atoms with van der Waals surface area (Å²) < 4.78 is 2.02. The van der Waals surface area contributed by atoms with E-state index in [2.05, 4.69) is 29.9 Å². The number of imidazole rings is 1. The number of hydrogen-bond donors (Lipinski definition) is 1. The summed E-state index contributed by atoms with van der Waals surface area (Å²) in [7, 11) is 0. The van der Waals surface area contributed by atoms with E-state index < -0.39 is 0 Å². The summed E-state index contributed by atoms with van der Waals surface area (Å²) in [5.41, 5.74) is 5.10. The highest BCUT2D eigenvalue weighted by atomic mass is 16.3. The molecular formula is C20H21N3O. The second kappa shape index (κ2) is 7.23. The van der Waals surface area contributed by atoms with Crippen molar-refractivity contribution in [1.82, 2.24) is 14.5 Å². The third kappa shape index (κ3) is 3.29. The summed E-state index contributed by atoms with van der Waals surface area (Å²) >= 11 is 0. The third-order valence-corrected chi connectivity index (χ3v) is 3.88. The molecule has 0 spiro atoms. The molecule has 0 radical (unpaired) electrons. The van der Waals surface area contributed by atoms with Crippen molar-refractivity contribution < 1.29 is 5.11 Å². The van der Waals surface area contributed by atoms with Gasteiger partial charge in [0.25, 0.3) is 0 Å². The number of allylic oxidation sites excluding steroid dienone is 1. The maximum Gasteiger partial charge on any atom is 0.0965 e. The quantitative estimate of drug-likeness (QED) is 0.774. The zero-order chi connectivity index (χ0) is 16.9. The highest BCUT2D eigenvalue weighted by molar-refractivity contribution is 5.71. The molecule has 2 heterocycles. The number of benzene rings is 1. The Bertz CT molecular complexity index is 819. The Balaban J connectivity index is 2.14. The van der Waals surface area contributed by atoms with Crippen LogP contribution < -0.4 is 0 Å². The van der Waals surface area contributed by atoms with Crippen molar-refractivity contribution in [3.8, 4) is 11.3 Å². The van der Waals surface area contributed by atoms with Crippen molar-refractivity contribution in [1.29, 1.82) is 0 Å². The van der Waals surface area contributed by atoms with Gasteiger partial charge in [-0.2, -0.15) is 0 Å². The van der Waals surface area contributed by atoms with Crippen LogP contribution in [-0.2, 0) is 0 Å². The minimum Gasteiger partial charge on any atom is -0.394 e. The molecule has 0 saturated heterocycles. The largest absolute Gasteiger partial charge is 0.394 e. The topological polar surface area (TPSA) is 50.9 Å². The maximum atomic E-state index is 9.97. The smallest absolute Gasteiger partial charge is 0.0965 e. The standard InChI is InChI=1S/C20H21N3O/c1-15(2)11-18-20(16-7-4-3-5-8-16)22-14-23(18)19(13-24)17-9-6-10-21-12-17/h3-12,14,19,24H,13H2,1-2H3. The molecule has 2 aromatic heterocycles. The van der Waals surface area contributed by atoms with Gasteiger partial charge in [-0.1, -0.05) is 42.0 Å². The van der Waals surface area contributed by atoms with E-state index in [9.17, 15) is 5.11 Å². The van der Waals surface area contributed by atoms with Gasteiger partial charge in [-0.3, -0.25) is 4.98 Å². The fraction of sp³-hybridized carbons (Fsp3) is 0.200. The van der Waals surface area contributed by atoms with E-state index in [0.29, 0.717) is 0 Å². The van der Waals surface area contributed by atoms with Gasteiger partial charge in [-0.05, 0) is 31.6 Å². The van der Waals surface area contributed by atoms with Crippen LogP contribution in [0.4, 0.5) is 0 Å². The second-order valence-electron chi connectivity index (χ2n) is 5.96. The fourth-order valence-corrected chi connectivity index (χ4v) is 2.78. The molecule has 1 N–H and O–H groups in total. The first kappa shape index (κ1) is 16.1. The van der Waals surface area contributed by atoms with Crippen molar-refractivity contribution in [2.24, 2.45) is 0 Å². The van der Waals surface area contributed by atoms with Gasteiger partial charge in [-0.25, -0.2) is 4.98 Å². The molecule has 0 fully saturated rings. The van der Waals surface area contributed by atoms with Gasteiger partial charge in [0.2, 0.25) is 0 Å². The molecule has 1 aromatic carbocycles. The summed E-state index contributed by atoms with van der Waals surface area (Å²) in [4.78, 5) is 8.80. The fourth-order valence-electron chi connectivity index (χ4n) is 2.78. The molecule has 0 bridgehead atoms. The number of aliphatic hydroxyl groups is 1. The summed E-state index contributed by atoms with van der Waals surface area (Å²) in [5, 5.41) is 9.97. The molecule has 0 aliphatic heterocycles. The Kier molecular flexibility index (Phi) is 4.87. The molecule has 0 saturated carbocycles. The van der Waals surface area contributed by atoms with E-state index in [1.54, 1.807) is 18.7 Å². The molecule has 4 nitrogen and oxygen atoms in total. The first-order valence-electron chi connectivity index (χ1n) is 7.98. The normalized spacial score (nSPS) is 12.0. The van der Waals surface area contributed by atoms with Gasteiger partial charge in [0.1, 0.15) is 0 Å². The monoisotopic (exact) mass is 319 g/mol. The zero-order valence-electron chi connectivity index (χ0n) is 13.9. The lowest BCUT2D eigenvalue weighted by Gasteiger charge is -2.18. The molecule has 122 valence electrons. The summed E-state index contributed by atoms with van der Waals surface area (Å²) in [5.74, 6) is 0. The number of pyridine rings is 1. The van der Waals surface area contributed by atoms with Crippen LogP contribution in [-0.4, -0.2) is 26.2 Å². The maximum absolute atomic E-state index is 9.97. The average molecular weight is 319 g/mol.